The monoisotopic (exact) mass is 275 g/mol. The summed E-state index contributed by atoms with van der Waals surface area (Å²) in [6, 6.07) is 4.11. The summed E-state index contributed by atoms with van der Waals surface area (Å²) in [7, 11) is 1.81. The van der Waals surface area contributed by atoms with Crippen molar-refractivity contribution in [1.29, 1.82) is 0 Å². The van der Waals surface area contributed by atoms with Gasteiger partial charge in [-0.2, -0.15) is 0 Å². The van der Waals surface area contributed by atoms with Crippen molar-refractivity contribution in [3.8, 4) is 5.75 Å². The molecule has 2 unspecified atom stereocenters. The van der Waals surface area contributed by atoms with Gasteiger partial charge in [0.05, 0.1) is 5.60 Å². The summed E-state index contributed by atoms with van der Waals surface area (Å²) in [5, 5.41) is 13.9. The Labute approximate surface area is 121 Å². The first-order valence-corrected chi connectivity index (χ1v) is 7.67. The van der Waals surface area contributed by atoms with Gasteiger partial charge in [-0.3, -0.25) is 0 Å². The van der Waals surface area contributed by atoms with Gasteiger partial charge in [0, 0.05) is 25.3 Å². The Kier molecular flexibility index (Phi) is 3.51. The highest BCUT2D eigenvalue weighted by atomic mass is 16.5. The molecule has 1 saturated carbocycles. The summed E-state index contributed by atoms with van der Waals surface area (Å²) in [5.41, 5.74) is 3.77. The first-order chi connectivity index (χ1) is 9.56. The zero-order valence-corrected chi connectivity index (χ0v) is 12.7. The third-order valence-electron chi connectivity index (χ3n) is 5.28. The van der Waals surface area contributed by atoms with E-state index in [0.717, 1.165) is 31.4 Å². The fourth-order valence-corrected chi connectivity index (χ4v) is 3.86. The molecule has 0 amide bonds. The maximum absolute atomic E-state index is 10.2. The highest BCUT2D eigenvalue weighted by Gasteiger charge is 2.39. The van der Waals surface area contributed by atoms with Crippen molar-refractivity contribution in [2.45, 2.75) is 57.1 Å². The molecule has 110 valence electrons. The van der Waals surface area contributed by atoms with Crippen molar-refractivity contribution < 1.29 is 9.84 Å². The normalized spacial score (nSPS) is 27.1. The molecule has 1 fully saturated rings. The molecule has 0 saturated heterocycles. The summed E-state index contributed by atoms with van der Waals surface area (Å²) in [5.74, 6) is 0.946. The van der Waals surface area contributed by atoms with Gasteiger partial charge >= 0.3 is 0 Å². The number of phenolic OH excluding ortho intramolecular Hbond substituents is 1. The highest BCUT2D eigenvalue weighted by Crippen LogP contribution is 2.46. The van der Waals surface area contributed by atoms with Crippen LogP contribution in [0.2, 0.25) is 0 Å². The number of fused-ring (bicyclic) bond motifs is 1. The standard InChI is InChI=1S/C17H25NO2/c1-11-5-6-14(19)16-13(9-12(2)15(11)16)18-10-17(20-3)7-4-8-17/h5-6,12-13,18-19H,4,7-10H2,1-3H3. The predicted molar refractivity (Wildman–Crippen MR) is 80.2 cm³/mol. The largest absolute Gasteiger partial charge is 0.508 e. The number of ether oxygens (including phenoxy) is 1. The van der Waals surface area contributed by atoms with E-state index in [9.17, 15) is 5.11 Å². The molecule has 3 nitrogen and oxygen atoms in total. The number of nitrogens with one attached hydrogen (secondary N) is 1. The summed E-state index contributed by atoms with van der Waals surface area (Å²) in [6.07, 6.45) is 4.61. The Morgan fingerprint density at radius 1 is 1.35 bits per heavy atom. The van der Waals surface area contributed by atoms with Gasteiger partial charge in [-0.05, 0) is 55.7 Å². The van der Waals surface area contributed by atoms with E-state index >= 15 is 0 Å². The number of aromatic hydroxyl groups is 1. The Morgan fingerprint density at radius 3 is 2.70 bits per heavy atom. The minimum absolute atomic E-state index is 0.0332. The molecule has 2 atom stereocenters. The van der Waals surface area contributed by atoms with E-state index in [2.05, 4.69) is 19.2 Å². The molecule has 1 aromatic rings. The lowest BCUT2D eigenvalue weighted by atomic mass is 9.79. The predicted octanol–water partition coefficient (Wildman–Crippen LogP) is 3.41. The van der Waals surface area contributed by atoms with Gasteiger partial charge in [0.2, 0.25) is 0 Å². The number of phenols is 1. The number of hydrogen-bond acceptors (Lipinski definition) is 3. The Morgan fingerprint density at radius 2 is 2.10 bits per heavy atom. The molecule has 2 N–H and O–H groups in total. The van der Waals surface area contributed by atoms with Gasteiger partial charge in [0.1, 0.15) is 5.75 Å². The van der Waals surface area contributed by atoms with Crippen LogP contribution >= 0.6 is 0 Å². The smallest absolute Gasteiger partial charge is 0.120 e. The van der Waals surface area contributed by atoms with E-state index in [1.165, 1.54) is 17.5 Å². The first-order valence-electron chi connectivity index (χ1n) is 7.67. The summed E-state index contributed by atoms with van der Waals surface area (Å²) in [4.78, 5) is 0. The lowest BCUT2D eigenvalue weighted by Gasteiger charge is -2.41. The minimum atomic E-state index is 0.0332. The second-order valence-electron chi connectivity index (χ2n) is 6.54. The zero-order chi connectivity index (χ0) is 14.3. The van der Waals surface area contributed by atoms with E-state index in [4.69, 9.17) is 4.74 Å². The molecule has 0 radical (unpaired) electrons. The molecule has 3 rings (SSSR count). The Balaban J connectivity index is 1.79. The van der Waals surface area contributed by atoms with E-state index in [-0.39, 0.29) is 11.6 Å². The Bertz CT molecular complexity index is 502. The SMILES string of the molecule is COC1(CNC2CC(C)c3c(C)ccc(O)c32)CCC1. The molecular formula is C17H25NO2. The van der Waals surface area contributed by atoms with Crippen LogP contribution in [0.3, 0.4) is 0 Å². The van der Waals surface area contributed by atoms with Gasteiger partial charge in [0.25, 0.3) is 0 Å². The van der Waals surface area contributed by atoms with Crippen molar-refractivity contribution >= 4 is 0 Å². The molecule has 0 aliphatic heterocycles. The molecule has 2 aliphatic rings. The van der Waals surface area contributed by atoms with Crippen molar-refractivity contribution in [3.63, 3.8) is 0 Å². The van der Waals surface area contributed by atoms with E-state index in [1.54, 1.807) is 0 Å². The number of hydrogen-bond donors (Lipinski definition) is 2. The number of rotatable bonds is 4. The number of methoxy groups -OCH3 is 1. The molecule has 0 heterocycles. The summed E-state index contributed by atoms with van der Waals surface area (Å²) >= 11 is 0. The van der Waals surface area contributed by atoms with Crippen LogP contribution in [0.4, 0.5) is 0 Å². The molecule has 1 aromatic carbocycles. The third kappa shape index (κ3) is 2.13. The Hall–Kier alpha value is -1.06. The lowest BCUT2D eigenvalue weighted by Crippen LogP contribution is -2.48. The van der Waals surface area contributed by atoms with E-state index in [0.29, 0.717) is 11.7 Å². The summed E-state index contributed by atoms with van der Waals surface area (Å²) in [6.45, 7) is 5.27. The van der Waals surface area contributed by atoms with Crippen LogP contribution in [0.15, 0.2) is 12.1 Å². The van der Waals surface area contributed by atoms with Crippen LogP contribution < -0.4 is 5.32 Å². The summed E-state index contributed by atoms with van der Waals surface area (Å²) < 4.78 is 5.68. The average Bonchev–Trinajstić information content (AvgIpc) is 2.72. The van der Waals surface area contributed by atoms with Crippen molar-refractivity contribution in [1.82, 2.24) is 5.32 Å². The van der Waals surface area contributed by atoms with Gasteiger partial charge < -0.3 is 15.2 Å². The van der Waals surface area contributed by atoms with E-state index < -0.39 is 0 Å². The second kappa shape index (κ2) is 5.05. The zero-order valence-electron chi connectivity index (χ0n) is 12.7. The van der Waals surface area contributed by atoms with Crippen molar-refractivity contribution in [2.24, 2.45) is 0 Å². The van der Waals surface area contributed by atoms with Gasteiger partial charge in [-0.15, -0.1) is 0 Å². The van der Waals surface area contributed by atoms with Crippen LogP contribution in [-0.4, -0.2) is 24.4 Å². The number of benzene rings is 1. The van der Waals surface area contributed by atoms with Crippen molar-refractivity contribution in [3.05, 3.63) is 28.8 Å². The molecule has 3 heteroatoms. The van der Waals surface area contributed by atoms with Gasteiger partial charge in [0.15, 0.2) is 0 Å². The molecule has 2 aliphatic carbocycles. The van der Waals surface area contributed by atoms with Crippen LogP contribution in [0.1, 0.15) is 61.3 Å². The van der Waals surface area contributed by atoms with Crippen molar-refractivity contribution in [2.75, 3.05) is 13.7 Å². The topological polar surface area (TPSA) is 41.5 Å². The molecular weight excluding hydrogens is 250 g/mol. The maximum atomic E-state index is 10.2. The fraction of sp³-hybridized carbons (Fsp3) is 0.647. The van der Waals surface area contributed by atoms with Crippen LogP contribution in [0.25, 0.3) is 0 Å². The van der Waals surface area contributed by atoms with Crippen LogP contribution in [-0.2, 0) is 4.74 Å². The van der Waals surface area contributed by atoms with Gasteiger partial charge in [-0.1, -0.05) is 13.0 Å². The minimum Gasteiger partial charge on any atom is -0.508 e. The molecule has 0 spiro atoms. The lowest BCUT2D eigenvalue weighted by molar-refractivity contribution is -0.0709. The van der Waals surface area contributed by atoms with Crippen LogP contribution in [0, 0.1) is 6.92 Å². The quantitative estimate of drug-likeness (QED) is 0.885. The number of aryl methyl sites for hydroxylation is 1. The molecule has 0 aromatic heterocycles. The fourth-order valence-electron chi connectivity index (χ4n) is 3.86. The third-order valence-corrected chi connectivity index (χ3v) is 5.28. The van der Waals surface area contributed by atoms with Gasteiger partial charge in [-0.25, -0.2) is 0 Å². The maximum Gasteiger partial charge on any atom is 0.120 e. The molecule has 20 heavy (non-hydrogen) atoms. The highest BCUT2D eigenvalue weighted by molar-refractivity contribution is 5.50. The second-order valence-corrected chi connectivity index (χ2v) is 6.54. The molecule has 0 bridgehead atoms. The first kappa shape index (κ1) is 13.9. The van der Waals surface area contributed by atoms with Crippen LogP contribution in [0.5, 0.6) is 5.75 Å². The average molecular weight is 275 g/mol. The van der Waals surface area contributed by atoms with E-state index in [1.807, 2.05) is 19.2 Å².